The number of hydrogen-bond donors (Lipinski definition) is 1. The second-order valence-electron chi connectivity index (χ2n) is 2.67. The van der Waals surface area contributed by atoms with Crippen LogP contribution in [0, 0.1) is 0 Å². The number of alkyl halides is 1. The normalized spacial score (nSPS) is 11.9. The molecule has 0 bridgehead atoms. The highest BCUT2D eigenvalue weighted by molar-refractivity contribution is 6.32. The molecule has 4 nitrogen and oxygen atoms in total. The lowest BCUT2D eigenvalue weighted by Gasteiger charge is -2.09. The van der Waals surface area contributed by atoms with E-state index in [1.54, 1.807) is 25.3 Å². The van der Waals surface area contributed by atoms with Gasteiger partial charge >= 0.3 is 0 Å². The van der Waals surface area contributed by atoms with Gasteiger partial charge in [-0.05, 0) is 19.1 Å². The van der Waals surface area contributed by atoms with Crippen molar-refractivity contribution in [1.29, 1.82) is 0 Å². The van der Waals surface area contributed by atoms with Gasteiger partial charge in [-0.1, -0.05) is 0 Å². The summed E-state index contributed by atoms with van der Waals surface area (Å²) >= 11 is 5.60. The van der Waals surface area contributed by atoms with Crippen LogP contribution in [0.15, 0.2) is 18.3 Å². The molecule has 1 atom stereocenters. The van der Waals surface area contributed by atoms with E-state index in [1.807, 2.05) is 0 Å². The first-order valence-electron chi connectivity index (χ1n) is 4.09. The van der Waals surface area contributed by atoms with Gasteiger partial charge in [0.25, 0.3) is 0 Å². The van der Waals surface area contributed by atoms with Gasteiger partial charge in [0.1, 0.15) is 11.1 Å². The minimum atomic E-state index is -0.583. The van der Waals surface area contributed by atoms with Gasteiger partial charge in [0, 0.05) is 6.20 Å². The van der Waals surface area contributed by atoms with E-state index in [1.165, 1.54) is 7.11 Å². The van der Waals surface area contributed by atoms with Crippen molar-refractivity contribution in [2.75, 3.05) is 12.4 Å². The van der Waals surface area contributed by atoms with E-state index in [-0.39, 0.29) is 5.91 Å². The number of ether oxygens (including phenoxy) is 1. The number of methoxy groups -OCH3 is 1. The van der Waals surface area contributed by atoms with Crippen LogP contribution in [-0.2, 0) is 4.79 Å². The molecule has 0 radical (unpaired) electrons. The molecule has 5 heteroatoms. The first-order chi connectivity index (χ1) is 6.65. The van der Waals surface area contributed by atoms with Crippen molar-refractivity contribution < 1.29 is 9.53 Å². The zero-order valence-electron chi connectivity index (χ0n) is 7.95. The SMILES string of the molecule is COc1ncccc1NC(=O)C(C)Cl. The maximum absolute atomic E-state index is 11.3. The summed E-state index contributed by atoms with van der Waals surface area (Å²) in [6.07, 6.45) is 1.58. The molecule has 0 aromatic carbocycles. The number of rotatable bonds is 3. The molecule has 1 unspecified atom stereocenters. The fraction of sp³-hybridized carbons (Fsp3) is 0.333. The van der Waals surface area contributed by atoms with Crippen LogP contribution in [0.4, 0.5) is 5.69 Å². The van der Waals surface area contributed by atoms with Crippen LogP contribution in [0.5, 0.6) is 5.88 Å². The van der Waals surface area contributed by atoms with E-state index in [4.69, 9.17) is 16.3 Å². The van der Waals surface area contributed by atoms with Crippen molar-refractivity contribution in [3.8, 4) is 5.88 Å². The third-order valence-corrected chi connectivity index (χ3v) is 1.78. The Morgan fingerprint density at radius 2 is 2.43 bits per heavy atom. The molecular formula is C9H11ClN2O2. The quantitative estimate of drug-likeness (QED) is 0.779. The van der Waals surface area contributed by atoms with Gasteiger partial charge in [0.2, 0.25) is 11.8 Å². The summed E-state index contributed by atoms with van der Waals surface area (Å²) in [4.78, 5) is 15.2. The van der Waals surface area contributed by atoms with Crippen LogP contribution in [0.25, 0.3) is 0 Å². The number of aromatic nitrogens is 1. The van der Waals surface area contributed by atoms with Crippen molar-refractivity contribution in [1.82, 2.24) is 4.98 Å². The molecule has 14 heavy (non-hydrogen) atoms. The molecule has 0 aliphatic heterocycles. The number of hydrogen-bond acceptors (Lipinski definition) is 3. The minimum absolute atomic E-state index is 0.280. The van der Waals surface area contributed by atoms with E-state index < -0.39 is 5.38 Å². The monoisotopic (exact) mass is 214 g/mol. The van der Waals surface area contributed by atoms with Crippen LogP contribution < -0.4 is 10.1 Å². The van der Waals surface area contributed by atoms with Crippen LogP contribution in [0.2, 0.25) is 0 Å². The molecule has 76 valence electrons. The van der Waals surface area contributed by atoms with Gasteiger partial charge in [-0.2, -0.15) is 0 Å². The minimum Gasteiger partial charge on any atom is -0.480 e. The topological polar surface area (TPSA) is 51.2 Å². The Bertz CT molecular complexity index is 328. The smallest absolute Gasteiger partial charge is 0.242 e. The maximum atomic E-state index is 11.3. The van der Waals surface area contributed by atoms with Gasteiger partial charge < -0.3 is 10.1 Å². The van der Waals surface area contributed by atoms with Crippen LogP contribution in [-0.4, -0.2) is 23.4 Å². The third-order valence-electron chi connectivity index (χ3n) is 1.58. The van der Waals surface area contributed by atoms with Crippen LogP contribution in [0.3, 0.4) is 0 Å². The highest BCUT2D eigenvalue weighted by Crippen LogP contribution is 2.20. The first-order valence-corrected chi connectivity index (χ1v) is 4.52. The molecular weight excluding hydrogens is 204 g/mol. The summed E-state index contributed by atoms with van der Waals surface area (Å²) in [5.74, 6) is 0.0936. The summed E-state index contributed by atoms with van der Waals surface area (Å²) in [6.45, 7) is 1.60. The molecule has 1 aromatic rings. The lowest BCUT2D eigenvalue weighted by Crippen LogP contribution is -2.20. The fourth-order valence-electron chi connectivity index (χ4n) is 0.881. The third kappa shape index (κ3) is 2.60. The molecule has 0 spiro atoms. The van der Waals surface area contributed by atoms with E-state index >= 15 is 0 Å². The van der Waals surface area contributed by atoms with E-state index in [9.17, 15) is 4.79 Å². The van der Waals surface area contributed by atoms with Crippen molar-refractivity contribution in [2.24, 2.45) is 0 Å². The zero-order chi connectivity index (χ0) is 10.6. The van der Waals surface area contributed by atoms with E-state index in [0.29, 0.717) is 11.6 Å². The van der Waals surface area contributed by atoms with Gasteiger partial charge in [0.15, 0.2) is 0 Å². The van der Waals surface area contributed by atoms with Crippen LogP contribution in [0.1, 0.15) is 6.92 Å². The van der Waals surface area contributed by atoms with Gasteiger partial charge in [0.05, 0.1) is 7.11 Å². The Hall–Kier alpha value is -1.29. The standard InChI is InChI=1S/C9H11ClN2O2/c1-6(10)8(13)12-7-4-3-5-11-9(7)14-2/h3-6H,1-2H3,(H,12,13). The molecule has 0 saturated heterocycles. The molecule has 1 amide bonds. The summed E-state index contributed by atoms with van der Waals surface area (Å²) < 4.78 is 4.96. The fourth-order valence-corrected chi connectivity index (χ4v) is 0.935. The number of nitrogens with one attached hydrogen (secondary N) is 1. The Morgan fingerprint density at radius 1 is 1.71 bits per heavy atom. The van der Waals surface area contributed by atoms with Gasteiger partial charge in [-0.3, -0.25) is 4.79 Å². The lowest BCUT2D eigenvalue weighted by molar-refractivity contribution is -0.115. The molecule has 1 heterocycles. The average Bonchev–Trinajstić information content (AvgIpc) is 2.18. The average molecular weight is 215 g/mol. The van der Waals surface area contributed by atoms with E-state index in [2.05, 4.69) is 10.3 Å². The number of halogens is 1. The predicted molar refractivity (Wildman–Crippen MR) is 54.7 cm³/mol. The second kappa shape index (κ2) is 4.81. The Labute approximate surface area is 87.2 Å². The summed E-state index contributed by atoms with van der Waals surface area (Å²) in [5.41, 5.74) is 0.521. The molecule has 0 aliphatic rings. The second-order valence-corrected chi connectivity index (χ2v) is 3.32. The summed E-state index contributed by atoms with van der Waals surface area (Å²) in [7, 11) is 1.49. The highest BCUT2D eigenvalue weighted by atomic mass is 35.5. The summed E-state index contributed by atoms with van der Waals surface area (Å²) in [5, 5.41) is 2.02. The number of amides is 1. The van der Waals surface area contributed by atoms with E-state index in [0.717, 1.165) is 0 Å². The largest absolute Gasteiger partial charge is 0.480 e. The van der Waals surface area contributed by atoms with Crippen LogP contribution >= 0.6 is 11.6 Å². The Balaban J connectivity index is 2.80. The molecule has 0 saturated carbocycles. The zero-order valence-corrected chi connectivity index (χ0v) is 8.71. The number of carbonyl (C=O) groups excluding carboxylic acids is 1. The Kier molecular flexibility index (Phi) is 3.71. The number of pyridine rings is 1. The molecule has 1 N–H and O–H groups in total. The Morgan fingerprint density at radius 3 is 3.00 bits per heavy atom. The predicted octanol–water partition coefficient (Wildman–Crippen LogP) is 1.66. The number of nitrogens with zero attached hydrogens (tertiary/aromatic N) is 1. The maximum Gasteiger partial charge on any atom is 0.242 e. The van der Waals surface area contributed by atoms with Crippen molar-refractivity contribution in [3.05, 3.63) is 18.3 Å². The van der Waals surface area contributed by atoms with Gasteiger partial charge in [-0.25, -0.2) is 4.98 Å². The number of anilines is 1. The molecule has 0 aliphatic carbocycles. The molecule has 1 aromatic heterocycles. The van der Waals surface area contributed by atoms with Crippen molar-refractivity contribution >= 4 is 23.2 Å². The lowest BCUT2D eigenvalue weighted by atomic mass is 10.3. The summed E-state index contributed by atoms with van der Waals surface area (Å²) in [6, 6.07) is 3.40. The number of carbonyl (C=O) groups is 1. The highest BCUT2D eigenvalue weighted by Gasteiger charge is 2.11. The molecule has 0 fully saturated rings. The first kappa shape index (κ1) is 10.8. The van der Waals surface area contributed by atoms with Gasteiger partial charge in [-0.15, -0.1) is 11.6 Å². The van der Waals surface area contributed by atoms with Crippen molar-refractivity contribution in [2.45, 2.75) is 12.3 Å². The molecule has 1 rings (SSSR count). The van der Waals surface area contributed by atoms with Crippen molar-refractivity contribution in [3.63, 3.8) is 0 Å².